The molecule has 0 amide bonds. The molecule has 1 aromatic heterocycles. The second-order valence-electron chi connectivity index (χ2n) is 5.82. The van der Waals surface area contributed by atoms with Gasteiger partial charge in [0, 0.05) is 38.9 Å². The highest BCUT2D eigenvalue weighted by Gasteiger charge is 2.22. The Kier molecular flexibility index (Phi) is 4.38. The fourth-order valence-corrected chi connectivity index (χ4v) is 3.14. The van der Waals surface area contributed by atoms with E-state index >= 15 is 0 Å². The molecule has 110 valence electrons. The van der Waals surface area contributed by atoms with Crippen LogP contribution in [0.2, 0.25) is 0 Å². The molecule has 0 aromatic carbocycles. The van der Waals surface area contributed by atoms with Crippen molar-refractivity contribution in [2.24, 2.45) is 5.92 Å². The van der Waals surface area contributed by atoms with Gasteiger partial charge in [0.25, 0.3) is 0 Å². The van der Waals surface area contributed by atoms with Crippen LogP contribution in [-0.4, -0.2) is 55.8 Å². The third-order valence-electron chi connectivity index (χ3n) is 4.34. The van der Waals surface area contributed by atoms with E-state index in [-0.39, 0.29) is 0 Å². The van der Waals surface area contributed by atoms with Crippen molar-refractivity contribution in [1.29, 1.82) is 0 Å². The smallest absolute Gasteiger partial charge is 0.0594 e. The molecule has 3 rings (SSSR count). The van der Waals surface area contributed by atoms with Crippen LogP contribution in [0.25, 0.3) is 0 Å². The summed E-state index contributed by atoms with van der Waals surface area (Å²) in [6.45, 7) is 7.44. The van der Waals surface area contributed by atoms with Crippen molar-refractivity contribution < 1.29 is 4.74 Å². The van der Waals surface area contributed by atoms with Crippen LogP contribution >= 0.6 is 0 Å². The summed E-state index contributed by atoms with van der Waals surface area (Å²) in [5.41, 5.74) is 7.72. The first-order valence-electron chi connectivity index (χ1n) is 7.57. The zero-order chi connectivity index (χ0) is 13.8. The van der Waals surface area contributed by atoms with Gasteiger partial charge in [-0.05, 0) is 24.8 Å². The van der Waals surface area contributed by atoms with E-state index in [1.54, 1.807) is 6.20 Å². The first-order valence-corrected chi connectivity index (χ1v) is 7.57. The third-order valence-corrected chi connectivity index (χ3v) is 4.34. The number of hydrogen-bond donors (Lipinski definition) is 1. The minimum Gasteiger partial charge on any atom is -0.397 e. The lowest BCUT2D eigenvalue weighted by Gasteiger charge is -2.36. The van der Waals surface area contributed by atoms with Crippen LogP contribution in [0, 0.1) is 5.92 Å². The van der Waals surface area contributed by atoms with Crippen LogP contribution in [0.5, 0.6) is 0 Å². The van der Waals surface area contributed by atoms with Gasteiger partial charge in [-0.1, -0.05) is 0 Å². The molecule has 2 saturated heterocycles. The number of hydrogen-bond acceptors (Lipinski definition) is 5. The number of rotatable bonds is 3. The number of aromatic nitrogens is 1. The Morgan fingerprint density at radius 2 is 1.90 bits per heavy atom. The fourth-order valence-electron chi connectivity index (χ4n) is 3.14. The largest absolute Gasteiger partial charge is 0.397 e. The van der Waals surface area contributed by atoms with Gasteiger partial charge in [0.15, 0.2) is 0 Å². The number of morpholine rings is 1. The first-order chi connectivity index (χ1) is 9.81. The molecule has 0 spiro atoms. The highest BCUT2D eigenvalue weighted by atomic mass is 16.5. The number of nitrogens with zero attached hydrogens (tertiary/aromatic N) is 3. The number of ether oxygens (including phenoxy) is 1. The van der Waals surface area contributed by atoms with Gasteiger partial charge >= 0.3 is 0 Å². The normalized spacial score (nSPS) is 22.1. The molecule has 0 aliphatic carbocycles. The van der Waals surface area contributed by atoms with Crippen LogP contribution < -0.4 is 10.6 Å². The molecule has 0 radical (unpaired) electrons. The van der Waals surface area contributed by atoms with Gasteiger partial charge in [0.2, 0.25) is 0 Å². The zero-order valence-corrected chi connectivity index (χ0v) is 12.0. The highest BCUT2D eigenvalue weighted by molar-refractivity contribution is 5.53. The lowest BCUT2D eigenvalue weighted by atomic mass is 9.95. The Balaban J connectivity index is 1.49. The van der Waals surface area contributed by atoms with Gasteiger partial charge in [-0.3, -0.25) is 9.88 Å². The molecule has 5 heteroatoms. The number of nitrogen functional groups attached to an aromatic ring is 1. The monoisotopic (exact) mass is 276 g/mol. The van der Waals surface area contributed by atoms with Crippen LogP contribution in [0.3, 0.4) is 0 Å². The van der Waals surface area contributed by atoms with E-state index in [0.29, 0.717) is 0 Å². The predicted molar refractivity (Wildman–Crippen MR) is 80.8 cm³/mol. The van der Waals surface area contributed by atoms with E-state index in [1.165, 1.54) is 19.4 Å². The van der Waals surface area contributed by atoms with Gasteiger partial charge in [-0.2, -0.15) is 0 Å². The van der Waals surface area contributed by atoms with Crippen LogP contribution in [0.15, 0.2) is 18.5 Å². The summed E-state index contributed by atoms with van der Waals surface area (Å²) < 4.78 is 5.41. The van der Waals surface area contributed by atoms with Crippen LogP contribution in [0.1, 0.15) is 12.8 Å². The summed E-state index contributed by atoms with van der Waals surface area (Å²) in [6.07, 6.45) is 6.13. The molecule has 2 aliphatic heterocycles. The molecule has 0 bridgehead atoms. The molecule has 1 aromatic rings. The fraction of sp³-hybridized carbons (Fsp3) is 0.667. The minimum absolute atomic E-state index is 0.748. The van der Waals surface area contributed by atoms with Crippen molar-refractivity contribution in [3.05, 3.63) is 18.5 Å². The Morgan fingerprint density at radius 1 is 1.15 bits per heavy atom. The van der Waals surface area contributed by atoms with Crippen molar-refractivity contribution in [2.45, 2.75) is 12.8 Å². The summed E-state index contributed by atoms with van der Waals surface area (Å²) >= 11 is 0. The topological polar surface area (TPSA) is 54.6 Å². The lowest BCUT2D eigenvalue weighted by molar-refractivity contribution is 0.0289. The summed E-state index contributed by atoms with van der Waals surface area (Å²) in [5.74, 6) is 0.818. The Bertz CT molecular complexity index is 426. The van der Waals surface area contributed by atoms with Crippen molar-refractivity contribution in [3.63, 3.8) is 0 Å². The van der Waals surface area contributed by atoms with Crippen molar-refractivity contribution >= 4 is 11.4 Å². The van der Waals surface area contributed by atoms with E-state index in [1.807, 2.05) is 12.3 Å². The Labute approximate surface area is 120 Å². The summed E-state index contributed by atoms with van der Waals surface area (Å²) in [5, 5.41) is 0. The molecule has 2 N–H and O–H groups in total. The van der Waals surface area contributed by atoms with E-state index in [0.717, 1.165) is 56.7 Å². The number of nitrogens with two attached hydrogens (primary N) is 1. The van der Waals surface area contributed by atoms with Crippen LogP contribution in [-0.2, 0) is 4.74 Å². The average Bonchev–Trinajstić information content (AvgIpc) is 2.49. The maximum Gasteiger partial charge on any atom is 0.0594 e. The van der Waals surface area contributed by atoms with Crippen molar-refractivity contribution in [2.75, 3.05) is 56.6 Å². The van der Waals surface area contributed by atoms with Gasteiger partial charge < -0.3 is 15.4 Å². The molecule has 5 nitrogen and oxygen atoms in total. The molecule has 0 saturated carbocycles. The standard InChI is InChI=1S/C15H24N4O/c16-14-9-15(11-17-10-14)19-3-1-13(2-4-19)12-18-5-7-20-8-6-18/h9-11,13H,1-8,12,16H2. The molecule has 2 fully saturated rings. The SMILES string of the molecule is Nc1cncc(N2CCC(CN3CCOCC3)CC2)c1. The van der Waals surface area contributed by atoms with Crippen molar-refractivity contribution in [3.8, 4) is 0 Å². The summed E-state index contributed by atoms with van der Waals surface area (Å²) in [7, 11) is 0. The average molecular weight is 276 g/mol. The second-order valence-corrected chi connectivity index (χ2v) is 5.82. The summed E-state index contributed by atoms with van der Waals surface area (Å²) in [6, 6.07) is 2.02. The van der Waals surface area contributed by atoms with E-state index in [4.69, 9.17) is 10.5 Å². The van der Waals surface area contributed by atoms with Gasteiger partial charge in [-0.15, -0.1) is 0 Å². The van der Waals surface area contributed by atoms with Crippen molar-refractivity contribution in [1.82, 2.24) is 9.88 Å². The maximum absolute atomic E-state index is 5.81. The quantitative estimate of drug-likeness (QED) is 0.899. The molecule has 0 atom stereocenters. The maximum atomic E-state index is 5.81. The Morgan fingerprint density at radius 3 is 2.60 bits per heavy atom. The number of anilines is 2. The molecule has 3 heterocycles. The first kappa shape index (κ1) is 13.6. The van der Waals surface area contributed by atoms with Gasteiger partial charge in [0.1, 0.15) is 0 Å². The second kappa shape index (κ2) is 6.41. The molecular formula is C15H24N4O. The molecule has 20 heavy (non-hydrogen) atoms. The minimum atomic E-state index is 0.748. The molecule has 2 aliphatic rings. The van der Waals surface area contributed by atoms with Crippen LogP contribution in [0.4, 0.5) is 11.4 Å². The third kappa shape index (κ3) is 3.41. The van der Waals surface area contributed by atoms with E-state index < -0.39 is 0 Å². The van der Waals surface area contributed by atoms with E-state index in [2.05, 4.69) is 14.8 Å². The highest BCUT2D eigenvalue weighted by Crippen LogP contribution is 2.24. The Hall–Kier alpha value is -1.33. The number of pyridine rings is 1. The molecular weight excluding hydrogens is 252 g/mol. The van der Waals surface area contributed by atoms with Gasteiger partial charge in [-0.25, -0.2) is 0 Å². The predicted octanol–water partition coefficient (Wildman–Crippen LogP) is 1.21. The zero-order valence-electron chi connectivity index (χ0n) is 12.0. The number of piperidine rings is 1. The lowest BCUT2D eigenvalue weighted by Crippen LogP contribution is -2.42. The molecule has 0 unspecified atom stereocenters. The van der Waals surface area contributed by atoms with Gasteiger partial charge in [0.05, 0.1) is 30.8 Å². The summed E-state index contributed by atoms with van der Waals surface area (Å²) in [4.78, 5) is 9.13. The van der Waals surface area contributed by atoms with E-state index in [9.17, 15) is 0 Å².